The number of ether oxygens (including phenoxy) is 1. The van der Waals surface area contributed by atoms with Gasteiger partial charge in [-0.1, -0.05) is 39.0 Å². The Morgan fingerprint density at radius 2 is 1.97 bits per heavy atom. The van der Waals surface area contributed by atoms with Gasteiger partial charge in [0.15, 0.2) is 6.04 Å². The van der Waals surface area contributed by atoms with Crippen molar-refractivity contribution in [3.05, 3.63) is 30.0 Å². The summed E-state index contributed by atoms with van der Waals surface area (Å²) in [6.07, 6.45) is 3.54. The average molecular weight is 399 g/mol. The first-order valence-corrected chi connectivity index (χ1v) is 10.5. The number of hydrogen-bond acceptors (Lipinski definition) is 3. The number of amides is 1. The molecular weight excluding hydrogens is 366 g/mol. The summed E-state index contributed by atoms with van der Waals surface area (Å²) in [5.74, 6) is -0.536. The molecule has 6 heteroatoms. The second kappa shape index (κ2) is 6.87. The van der Waals surface area contributed by atoms with Gasteiger partial charge in [-0.15, -0.1) is 0 Å². The van der Waals surface area contributed by atoms with Crippen LogP contribution in [0, 0.1) is 10.8 Å². The SMILES string of the molecule is COC(=O)c1[nH]c2ccccc2c1NC(=O)[C@H](C)[NH+]1C[C@@]2(C)C[C@@H]1CC(C)(C)C2. The van der Waals surface area contributed by atoms with Crippen molar-refractivity contribution < 1.29 is 19.2 Å². The standard InChI is InChI=1S/C23H31N3O3/c1-14(26-13-23(4)11-15(26)10-22(2,3)12-23)20(27)25-18-16-8-6-7-9-17(16)24-19(18)21(28)29-5/h6-9,14-15,24H,10-13H2,1-5H3,(H,25,27)/p+1/t14-,15-,23-/m0/s1. The smallest absolute Gasteiger partial charge is 0.356 e. The summed E-state index contributed by atoms with van der Waals surface area (Å²) < 4.78 is 4.91. The van der Waals surface area contributed by atoms with Crippen molar-refractivity contribution in [3.8, 4) is 0 Å². The Morgan fingerprint density at radius 3 is 2.69 bits per heavy atom. The highest BCUT2D eigenvalue weighted by Crippen LogP contribution is 2.47. The molecule has 29 heavy (non-hydrogen) atoms. The molecule has 1 aliphatic heterocycles. The summed E-state index contributed by atoms with van der Waals surface area (Å²) in [6.45, 7) is 10.1. The number of fused-ring (bicyclic) bond motifs is 3. The zero-order chi connectivity index (χ0) is 21.0. The fourth-order valence-corrected chi connectivity index (χ4v) is 6.10. The van der Waals surface area contributed by atoms with E-state index >= 15 is 0 Å². The van der Waals surface area contributed by atoms with Crippen LogP contribution in [0.3, 0.4) is 0 Å². The number of nitrogens with one attached hydrogen (secondary N) is 3. The lowest BCUT2D eigenvalue weighted by atomic mass is 9.65. The third kappa shape index (κ3) is 3.54. The van der Waals surface area contributed by atoms with Crippen molar-refractivity contribution in [1.29, 1.82) is 0 Å². The van der Waals surface area contributed by atoms with E-state index in [0.717, 1.165) is 23.9 Å². The first-order chi connectivity index (χ1) is 13.6. The van der Waals surface area contributed by atoms with E-state index in [0.29, 0.717) is 22.6 Å². The van der Waals surface area contributed by atoms with E-state index in [1.54, 1.807) is 0 Å². The fraction of sp³-hybridized carbons (Fsp3) is 0.565. The van der Waals surface area contributed by atoms with Gasteiger partial charge in [0.25, 0.3) is 5.91 Å². The number of aromatic amines is 1. The molecule has 1 unspecified atom stereocenters. The third-order valence-corrected chi connectivity index (χ3v) is 6.89. The summed E-state index contributed by atoms with van der Waals surface area (Å²) >= 11 is 0. The second-order valence-corrected chi connectivity index (χ2v) is 10.1. The molecule has 1 saturated heterocycles. The zero-order valence-electron chi connectivity index (χ0n) is 18.0. The van der Waals surface area contributed by atoms with Gasteiger partial charge in [0.05, 0.1) is 25.4 Å². The van der Waals surface area contributed by atoms with E-state index in [4.69, 9.17) is 4.74 Å². The highest BCUT2D eigenvalue weighted by molar-refractivity contribution is 6.11. The number of anilines is 1. The molecule has 1 aliphatic carbocycles. The molecule has 1 aromatic heterocycles. The Hall–Kier alpha value is -2.34. The van der Waals surface area contributed by atoms with Gasteiger partial charge in [-0.2, -0.15) is 0 Å². The first-order valence-electron chi connectivity index (χ1n) is 10.5. The van der Waals surface area contributed by atoms with Crippen molar-refractivity contribution in [3.63, 3.8) is 0 Å². The number of hydrogen-bond donors (Lipinski definition) is 3. The zero-order valence-corrected chi connectivity index (χ0v) is 18.0. The Bertz CT molecular complexity index is 963. The lowest BCUT2D eigenvalue weighted by Crippen LogP contribution is -3.18. The van der Waals surface area contributed by atoms with Gasteiger partial charge in [-0.05, 0) is 24.8 Å². The molecule has 0 spiro atoms. The monoisotopic (exact) mass is 398 g/mol. The normalized spacial score (nSPS) is 28.9. The van der Waals surface area contributed by atoms with Crippen LogP contribution in [0.25, 0.3) is 10.9 Å². The Balaban J connectivity index is 1.60. The summed E-state index contributed by atoms with van der Waals surface area (Å²) in [5.41, 5.74) is 2.23. The number of aromatic nitrogens is 1. The van der Waals surface area contributed by atoms with E-state index in [2.05, 4.69) is 31.1 Å². The van der Waals surface area contributed by atoms with Crippen LogP contribution in [0.2, 0.25) is 0 Å². The Morgan fingerprint density at radius 1 is 1.24 bits per heavy atom. The number of carbonyl (C=O) groups excluding carboxylic acids is 2. The quantitative estimate of drug-likeness (QED) is 0.693. The minimum Gasteiger partial charge on any atom is -0.464 e. The van der Waals surface area contributed by atoms with Crippen LogP contribution in [0.15, 0.2) is 24.3 Å². The molecule has 2 bridgehead atoms. The van der Waals surface area contributed by atoms with Gasteiger partial charge in [0.1, 0.15) is 5.69 Å². The molecule has 1 saturated carbocycles. The van der Waals surface area contributed by atoms with E-state index in [9.17, 15) is 9.59 Å². The van der Waals surface area contributed by atoms with Crippen LogP contribution in [0.5, 0.6) is 0 Å². The molecule has 2 fully saturated rings. The number of carbonyl (C=O) groups is 2. The Labute approximate surface area is 172 Å². The molecule has 2 aromatic rings. The lowest BCUT2D eigenvalue weighted by molar-refractivity contribution is -0.928. The maximum atomic E-state index is 13.3. The van der Waals surface area contributed by atoms with Gasteiger partial charge in [0.2, 0.25) is 0 Å². The number of esters is 1. The topological polar surface area (TPSA) is 75.6 Å². The van der Waals surface area contributed by atoms with Crippen molar-refractivity contribution in [1.82, 2.24) is 4.98 Å². The lowest BCUT2D eigenvalue weighted by Gasteiger charge is -2.37. The number of likely N-dealkylation sites (tertiary alicyclic amines) is 1. The summed E-state index contributed by atoms with van der Waals surface area (Å²) in [7, 11) is 1.35. The highest BCUT2D eigenvalue weighted by Gasteiger charge is 2.54. The van der Waals surface area contributed by atoms with Gasteiger partial charge in [0, 0.05) is 29.2 Å². The van der Waals surface area contributed by atoms with Crippen molar-refractivity contribution in [2.45, 2.75) is 59.0 Å². The van der Waals surface area contributed by atoms with Crippen LogP contribution >= 0.6 is 0 Å². The molecule has 156 valence electrons. The van der Waals surface area contributed by atoms with Crippen LogP contribution in [0.4, 0.5) is 5.69 Å². The van der Waals surface area contributed by atoms with E-state index in [1.807, 2.05) is 31.2 Å². The van der Waals surface area contributed by atoms with Crippen molar-refractivity contribution >= 4 is 28.5 Å². The Kier molecular flexibility index (Phi) is 4.73. The molecule has 3 N–H and O–H groups in total. The van der Waals surface area contributed by atoms with E-state index in [1.165, 1.54) is 24.9 Å². The number of rotatable bonds is 4. The average Bonchev–Trinajstić information content (AvgIpc) is 3.14. The molecule has 2 heterocycles. The number of para-hydroxylation sites is 1. The van der Waals surface area contributed by atoms with Crippen molar-refractivity contribution in [2.24, 2.45) is 10.8 Å². The molecule has 0 radical (unpaired) electrons. The third-order valence-electron chi connectivity index (χ3n) is 6.89. The first kappa shape index (κ1) is 20.0. The summed E-state index contributed by atoms with van der Waals surface area (Å²) in [4.78, 5) is 30.0. The predicted molar refractivity (Wildman–Crippen MR) is 113 cm³/mol. The molecular formula is C23H32N3O3+. The summed E-state index contributed by atoms with van der Waals surface area (Å²) in [6, 6.07) is 7.90. The van der Waals surface area contributed by atoms with Gasteiger partial charge < -0.3 is 19.9 Å². The predicted octanol–water partition coefficient (Wildman–Crippen LogP) is 2.77. The number of quaternary nitrogens is 1. The minimum absolute atomic E-state index is 0.0520. The second-order valence-electron chi connectivity index (χ2n) is 10.1. The van der Waals surface area contributed by atoms with Crippen LogP contribution in [-0.2, 0) is 9.53 Å². The fourth-order valence-electron chi connectivity index (χ4n) is 6.10. The van der Waals surface area contributed by atoms with E-state index < -0.39 is 5.97 Å². The maximum Gasteiger partial charge on any atom is 0.356 e. The number of benzene rings is 1. The number of H-pyrrole nitrogens is 1. The van der Waals surface area contributed by atoms with E-state index in [-0.39, 0.29) is 17.6 Å². The molecule has 2 aliphatic rings. The van der Waals surface area contributed by atoms with Gasteiger partial charge in [-0.3, -0.25) is 4.79 Å². The number of methoxy groups -OCH3 is 1. The van der Waals surface area contributed by atoms with Gasteiger partial charge >= 0.3 is 5.97 Å². The van der Waals surface area contributed by atoms with Gasteiger partial charge in [-0.25, -0.2) is 4.79 Å². The summed E-state index contributed by atoms with van der Waals surface area (Å²) in [5, 5.41) is 3.86. The molecule has 4 atom stereocenters. The van der Waals surface area contributed by atoms with Crippen LogP contribution in [0.1, 0.15) is 57.4 Å². The van der Waals surface area contributed by atoms with Crippen molar-refractivity contribution in [2.75, 3.05) is 19.0 Å². The largest absolute Gasteiger partial charge is 0.464 e. The minimum atomic E-state index is -0.484. The molecule has 6 nitrogen and oxygen atoms in total. The molecule has 1 amide bonds. The van der Waals surface area contributed by atoms with Crippen LogP contribution < -0.4 is 10.2 Å². The molecule has 4 rings (SSSR count). The maximum absolute atomic E-state index is 13.3. The highest BCUT2D eigenvalue weighted by atomic mass is 16.5. The van der Waals surface area contributed by atoms with Crippen LogP contribution in [-0.4, -0.2) is 42.6 Å². The molecule has 1 aromatic carbocycles.